The number of hydrogen-bond acceptors (Lipinski definition) is 2. The van der Waals surface area contributed by atoms with Crippen molar-refractivity contribution in [2.45, 2.75) is 26.7 Å². The Morgan fingerprint density at radius 1 is 1.29 bits per heavy atom. The zero-order chi connectivity index (χ0) is 17.7. The molecule has 5 heteroatoms. The van der Waals surface area contributed by atoms with Crippen LogP contribution in [0.5, 0.6) is 5.75 Å². The topological polar surface area (TPSA) is 29.5 Å². The van der Waals surface area contributed by atoms with Crippen molar-refractivity contribution in [2.75, 3.05) is 18.6 Å². The summed E-state index contributed by atoms with van der Waals surface area (Å²) >= 11 is 9.63. The largest absolute Gasteiger partial charge is 0.495 e. The van der Waals surface area contributed by atoms with Gasteiger partial charge in [-0.1, -0.05) is 59.6 Å². The van der Waals surface area contributed by atoms with Gasteiger partial charge in [-0.25, -0.2) is 0 Å². The third-order valence-corrected chi connectivity index (χ3v) is 4.64. The predicted octanol–water partition coefficient (Wildman–Crippen LogP) is 5.27. The zero-order valence-electron chi connectivity index (χ0n) is 14.1. The lowest BCUT2D eigenvalue weighted by Crippen LogP contribution is -2.30. The second kappa shape index (κ2) is 8.54. The molecule has 0 radical (unpaired) electrons. The molecule has 2 aromatic carbocycles. The van der Waals surface area contributed by atoms with Crippen LogP contribution in [0.3, 0.4) is 0 Å². The molecule has 0 aliphatic carbocycles. The second-order valence-corrected chi connectivity index (χ2v) is 6.50. The van der Waals surface area contributed by atoms with Crippen molar-refractivity contribution >= 4 is 39.1 Å². The van der Waals surface area contributed by atoms with E-state index in [-0.39, 0.29) is 5.91 Å². The summed E-state index contributed by atoms with van der Waals surface area (Å²) in [6.45, 7) is 4.67. The van der Waals surface area contributed by atoms with Crippen LogP contribution in [0.4, 0.5) is 5.69 Å². The molecule has 0 atom stereocenters. The fraction of sp³-hybridized carbons (Fsp3) is 0.316. The van der Waals surface area contributed by atoms with E-state index < -0.39 is 0 Å². The zero-order valence-corrected chi connectivity index (χ0v) is 16.4. The molecule has 0 spiro atoms. The van der Waals surface area contributed by atoms with Gasteiger partial charge in [-0.3, -0.25) is 4.79 Å². The van der Waals surface area contributed by atoms with Gasteiger partial charge in [0, 0.05) is 16.0 Å². The SMILES string of the molecule is CC.COc1cc(Br)cc2c1N(C(=O)Cc1ccccc1Cl)CC2. The number of anilines is 1. The van der Waals surface area contributed by atoms with Gasteiger partial charge in [-0.05, 0) is 35.7 Å². The highest BCUT2D eigenvalue weighted by atomic mass is 79.9. The van der Waals surface area contributed by atoms with Gasteiger partial charge in [0.2, 0.25) is 5.91 Å². The first-order valence-electron chi connectivity index (χ1n) is 8.00. The number of hydrogen-bond donors (Lipinski definition) is 0. The minimum absolute atomic E-state index is 0.0347. The first kappa shape index (κ1) is 18.8. The van der Waals surface area contributed by atoms with Gasteiger partial charge in [0.15, 0.2) is 0 Å². The molecule has 1 heterocycles. The summed E-state index contributed by atoms with van der Waals surface area (Å²) in [5.74, 6) is 0.752. The van der Waals surface area contributed by atoms with E-state index in [4.69, 9.17) is 16.3 Å². The Morgan fingerprint density at radius 2 is 2.00 bits per heavy atom. The maximum absolute atomic E-state index is 12.7. The molecule has 3 nitrogen and oxygen atoms in total. The molecule has 24 heavy (non-hydrogen) atoms. The van der Waals surface area contributed by atoms with Crippen LogP contribution in [-0.4, -0.2) is 19.6 Å². The lowest BCUT2D eigenvalue weighted by Gasteiger charge is -2.20. The van der Waals surface area contributed by atoms with E-state index in [2.05, 4.69) is 15.9 Å². The van der Waals surface area contributed by atoms with Crippen molar-refractivity contribution in [3.05, 3.63) is 57.0 Å². The summed E-state index contributed by atoms with van der Waals surface area (Å²) in [5.41, 5.74) is 2.85. The Bertz CT molecular complexity index is 733. The van der Waals surface area contributed by atoms with Crippen LogP contribution in [0.1, 0.15) is 25.0 Å². The highest BCUT2D eigenvalue weighted by molar-refractivity contribution is 9.10. The summed E-state index contributed by atoms with van der Waals surface area (Å²) in [6.07, 6.45) is 1.12. The van der Waals surface area contributed by atoms with Crippen LogP contribution in [0, 0.1) is 0 Å². The molecule has 0 unspecified atom stereocenters. The molecule has 0 aromatic heterocycles. The lowest BCUT2D eigenvalue weighted by molar-refractivity contribution is -0.117. The number of nitrogens with zero attached hydrogens (tertiary/aromatic N) is 1. The molecule has 1 aliphatic rings. The Kier molecular flexibility index (Phi) is 6.69. The Morgan fingerprint density at radius 3 is 2.67 bits per heavy atom. The molecule has 1 aliphatic heterocycles. The number of fused-ring (bicyclic) bond motifs is 1. The van der Waals surface area contributed by atoms with E-state index in [1.807, 2.05) is 44.2 Å². The molecule has 0 saturated carbocycles. The second-order valence-electron chi connectivity index (χ2n) is 5.18. The third-order valence-electron chi connectivity index (χ3n) is 3.81. The third kappa shape index (κ3) is 3.93. The lowest BCUT2D eigenvalue weighted by atomic mass is 10.1. The number of amides is 1. The molecule has 1 amide bonds. The minimum Gasteiger partial charge on any atom is -0.495 e. The number of benzene rings is 2. The smallest absolute Gasteiger partial charge is 0.231 e. The van der Waals surface area contributed by atoms with E-state index in [0.717, 1.165) is 33.5 Å². The molecule has 128 valence electrons. The Labute approximate surface area is 156 Å². The van der Waals surface area contributed by atoms with Gasteiger partial charge >= 0.3 is 0 Å². The van der Waals surface area contributed by atoms with Gasteiger partial charge in [-0.2, -0.15) is 0 Å². The molecule has 0 N–H and O–H groups in total. The van der Waals surface area contributed by atoms with Crippen molar-refractivity contribution in [3.63, 3.8) is 0 Å². The van der Waals surface area contributed by atoms with E-state index in [1.165, 1.54) is 0 Å². The number of carbonyl (C=O) groups excluding carboxylic acids is 1. The Balaban J connectivity index is 0.00000100. The van der Waals surface area contributed by atoms with Gasteiger partial charge in [0.25, 0.3) is 0 Å². The normalized spacial score (nSPS) is 12.3. The van der Waals surface area contributed by atoms with Crippen LogP contribution in [0.2, 0.25) is 5.02 Å². The Hall–Kier alpha value is -1.52. The number of rotatable bonds is 3. The standard InChI is InChI=1S/C17H15BrClNO2.C2H6/c1-22-15-10-13(18)8-12-6-7-20(17(12)15)16(21)9-11-4-2-3-5-14(11)19;1-2/h2-5,8,10H,6-7,9H2,1H3;1-2H3. The van der Waals surface area contributed by atoms with Crippen molar-refractivity contribution in [1.82, 2.24) is 0 Å². The van der Waals surface area contributed by atoms with Crippen LogP contribution >= 0.6 is 27.5 Å². The van der Waals surface area contributed by atoms with Crippen LogP contribution in [0.25, 0.3) is 0 Å². The van der Waals surface area contributed by atoms with Crippen molar-refractivity contribution in [1.29, 1.82) is 0 Å². The van der Waals surface area contributed by atoms with Crippen LogP contribution in [-0.2, 0) is 17.6 Å². The average Bonchev–Trinajstić information content (AvgIpc) is 3.01. The summed E-state index contributed by atoms with van der Waals surface area (Å²) in [5, 5.41) is 0.623. The minimum atomic E-state index is 0.0347. The molecule has 0 fully saturated rings. The number of carbonyl (C=O) groups is 1. The first-order valence-corrected chi connectivity index (χ1v) is 9.17. The summed E-state index contributed by atoms with van der Waals surface area (Å²) in [7, 11) is 1.62. The summed E-state index contributed by atoms with van der Waals surface area (Å²) < 4.78 is 6.40. The molecule has 0 saturated heterocycles. The molecular weight excluding hydrogens is 390 g/mol. The fourth-order valence-corrected chi connectivity index (χ4v) is 3.46. The van der Waals surface area contributed by atoms with Gasteiger partial charge in [0.05, 0.1) is 19.2 Å². The summed E-state index contributed by atoms with van der Waals surface area (Å²) in [6, 6.07) is 11.4. The molecule has 3 rings (SSSR count). The number of halogens is 2. The van der Waals surface area contributed by atoms with Crippen molar-refractivity contribution in [3.8, 4) is 5.75 Å². The number of ether oxygens (including phenoxy) is 1. The van der Waals surface area contributed by atoms with E-state index in [0.29, 0.717) is 18.0 Å². The first-order chi connectivity index (χ1) is 11.6. The highest BCUT2D eigenvalue weighted by Crippen LogP contribution is 2.40. The number of methoxy groups -OCH3 is 1. The summed E-state index contributed by atoms with van der Waals surface area (Å²) in [4.78, 5) is 14.5. The van der Waals surface area contributed by atoms with Crippen LogP contribution in [0.15, 0.2) is 40.9 Å². The fourth-order valence-electron chi connectivity index (χ4n) is 2.77. The highest BCUT2D eigenvalue weighted by Gasteiger charge is 2.28. The average molecular weight is 411 g/mol. The molecule has 0 bridgehead atoms. The van der Waals surface area contributed by atoms with Crippen molar-refractivity contribution < 1.29 is 9.53 Å². The predicted molar refractivity (Wildman–Crippen MR) is 103 cm³/mol. The maximum atomic E-state index is 12.7. The van der Waals surface area contributed by atoms with Gasteiger partial charge in [0.1, 0.15) is 5.75 Å². The van der Waals surface area contributed by atoms with Gasteiger partial charge in [-0.15, -0.1) is 0 Å². The van der Waals surface area contributed by atoms with Gasteiger partial charge < -0.3 is 9.64 Å². The maximum Gasteiger partial charge on any atom is 0.231 e. The molecular formula is C19H21BrClNO2. The van der Waals surface area contributed by atoms with E-state index >= 15 is 0 Å². The monoisotopic (exact) mass is 409 g/mol. The quantitative estimate of drug-likeness (QED) is 0.690. The van der Waals surface area contributed by atoms with Crippen molar-refractivity contribution in [2.24, 2.45) is 0 Å². The van der Waals surface area contributed by atoms with Crippen LogP contribution < -0.4 is 9.64 Å². The van der Waals surface area contributed by atoms with E-state index in [9.17, 15) is 4.79 Å². The van der Waals surface area contributed by atoms with E-state index in [1.54, 1.807) is 18.1 Å². The molecule has 2 aromatic rings.